The van der Waals surface area contributed by atoms with E-state index in [0.717, 1.165) is 8.47 Å². The number of phenolic OH excluding ortho intramolecular Hbond substituents is 1. The lowest BCUT2D eigenvalue weighted by atomic mass is 9.56. The first-order valence-corrected chi connectivity index (χ1v) is 16.6. The summed E-state index contributed by atoms with van der Waals surface area (Å²) in [7, 11) is 1.41. The van der Waals surface area contributed by atoms with Gasteiger partial charge in [0.1, 0.15) is 0 Å². The highest BCUT2D eigenvalue weighted by atomic mass is 127. The van der Waals surface area contributed by atoms with E-state index in [0.29, 0.717) is 20.4 Å². The zero-order chi connectivity index (χ0) is 29.6. The van der Waals surface area contributed by atoms with E-state index >= 15 is 0 Å². The minimum absolute atomic E-state index is 0.0803. The van der Waals surface area contributed by atoms with Crippen molar-refractivity contribution in [3.63, 3.8) is 0 Å². The van der Waals surface area contributed by atoms with Gasteiger partial charge in [0.15, 0.2) is 21.2 Å². The van der Waals surface area contributed by atoms with Crippen molar-refractivity contribution >= 4 is 114 Å². The Morgan fingerprint density at radius 2 is 1.73 bits per heavy atom. The highest BCUT2D eigenvalue weighted by Gasteiger charge is 2.76. The summed E-state index contributed by atoms with van der Waals surface area (Å²) in [6.45, 7) is 0. The molecule has 2 aromatic carbocycles. The van der Waals surface area contributed by atoms with Crippen molar-refractivity contribution in [2.75, 3.05) is 17.5 Å². The van der Waals surface area contributed by atoms with Crippen LogP contribution in [0.2, 0.25) is 0 Å². The van der Waals surface area contributed by atoms with Crippen LogP contribution >= 0.6 is 84.3 Å². The van der Waals surface area contributed by atoms with E-state index in [9.17, 15) is 24.3 Å². The number of phenols is 1. The predicted octanol–water partition coefficient (Wildman–Crippen LogP) is 5.53. The zero-order valence-electron chi connectivity index (χ0n) is 21.2. The molecular formula is C28H21BrCl2I2N2O6. The summed E-state index contributed by atoms with van der Waals surface area (Å²) in [5.41, 5.74) is 1.54. The van der Waals surface area contributed by atoms with Crippen molar-refractivity contribution in [2.45, 2.75) is 28.5 Å². The minimum atomic E-state index is -1.93. The van der Waals surface area contributed by atoms with Crippen LogP contribution in [-0.4, -0.2) is 55.9 Å². The van der Waals surface area contributed by atoms with Gasteiger partial charge in [-0.05, 0) is 106 Å². The van der Waals surface area contributed by atoms with Crippen LogP contribution in [0.4, 0.5) is 5.69 Å². The smallest absolute Gasteiger partial charge is 0.254 e. The average Bonchev–Trinajstić information content (AvgIpc) is 3.28. The normalized spacial score (nSPS) is 32.6. The van der Waals surface area contributed by atoms with Crippen LogP contribution < -0.4 is 9.64 Å². The van der Waals surface area contributed by atoms with Crippen LogP contribution in [0, 0.1) is 24.9 Å². The number of hydrogen-bond acceptors (Lipinski definition) is 6. The number of benzene rings is 2. The molecule has 6 rings (SSSR count). The number of likely N-dealkylation sites (tertiary alicyclic amines) is 1. The van der Waals surface area contributed by atoms with E-state index in [1.807, 2.05) is 40.8 Å². The molecule has 41 heavy (non-hydrogen) atoms. The second-order valence-corrected chi connectivity index (χ2v) is 14.7. The Bertz CT molecular complexity index is 1570. The molecule has 2 aliphatic heterocycles. The molecule has 0 spiro atoms. The second kappa shape index (κ2) is 10.3. The first-order chi connectivity index (χ1) is 19.4. The van der Waals surface area contributed by atoms with Gasteiger partial charge in [0.05, 0.1) is 33.7 Å². The third kappa shape index (κ3) is 4.00. The lowest BCUT2D eigenvalue weighted by molar-refractivity contribution is -0.138. The number of halogens is 5. The summed E-state index contributed by atoms with van der Waals surface area (Å²) in [4.78, 5) is 53.8. The van der Waals surface area contributed by atoms with Crippen LogP contribution in [0.5, 0.6) is 11.5 Å². The Morgan fingerprint density at radius 3 is 2.37 bits per heavy atom. The number of alkyl halides is 3. The molecular weight excluding hydrogens is 865 g/mol. The fourth-order valence-corrected chi connectivity index (χ4v) is 9.30. The molecule has 1 saturated carbocycles. The fourth-order valence-electron chi connectivity index (χ4n) is 6.89. The summed E-state index contributed by atoms with van der Waals surface area (Å²) < 4.78 is 6.81. The SMILES string of the molecule is COc1cc(C2C3=CCC4C(=O)N(c5ccc(I)cc5)C(=O)C4C3CC3(Cl)C(=O)N(CBr)C(=O)C23Cl)cc(I)c1O. The Hall–Kier alpha value is -1.42. The summed E-state index contributed by atoms with van der Waals surface area (Å²) in [5.74, 6) is -4.93. The third-order valence-corrected chi connectivity index (χ3v) is 12.2. The molecule has 0 radical (unpaired) electrons. The van der Waals surface area contributed by atoms with Gasteiger partial charge in [-0.25, -0.2) is 0 Å². The Labute approximate surface area is 281 Å². The van der Waals surface area contributed by atoms with E-state index in [-0.39, 0.29) is 41.6 Å². The molecule has 6 atom stereocenters. The van der Waals surface area contributed by atoms with Gasteiger partial charge in [-0.2, -0.15) is 0 Å². The van der Waals surface area contributed by atoms with Gasteiger partial charge in [-0.15, -0.1) is 23.2 Å². The Kier molecular flexibility index (Phi) is 7.48. The molecule has 214 valence electrons. The van der Waals surface area contributed by atoms with Crippen LogP contribution in [0.25, 0.3) is 0 Å². The first-order valence-electron chi connectivity index (χ1n) is 12.6. The van der Waals surface area contributed by atoms with Gasteiger partial charge in [-0.1, -0.05) is 27.6 Å². The quantitative estimate of drug-likeness (QED) is 0.143. The zero-order valence-corrected chi connectivity index (χ0v) is 28.7. The fraction of sp³-hybridized carbons (Fsp3) is 0.357. The summed E-state index contributed by atoms with van der Waals surface area (Å²) in [6, 6.07) is 10.4. The van der Waals surface area contributed by atoms with E-state index in [2.05, 4.69) is 38.5 Å². The van der Waals surface area contributed by atoms with E-state index in [1.165, 1.54) is 12.0 Å². The number of carbonyl (C=O) groups is 4. The standard InChI is InChI=1S/C28H21BrCl2I2N2O6/c1-41-19-9-12(8-18(33)22(19)36)21-15-6-7-16-20(24(38)35(23(16)37)14-4-2-13(32)3-5-14)17(15)10-27(30)25(39)34(11-29)26(40)28(21,27)31/h2-6,8-9,16-17,20-21,36H,7,10-11H2,1H3. The average molecular weight is 886 g/mol. The molecule has 1 N–H and O–H groups in total. The summed E-state index contributed by atoms with van der Waals surface area (Å²) >= 11 is 21.9. The van der Waals surface area contributed by atoms with Gasteiger partial charge < -0.3 is 9.84 Å². The number of allylic oxidation sites excluding steroid dienone is 2. The van der Waals surface area contributed by atoms with Gasteiger partial charge in [0, 0.05) is 9.49 Å². The molecule has 2 aliphatic carbocycles. The number of anilines is 1. The van der Waals surface area contributed by atoms with Crippen molar-refractivity contribution in [3.8, 4) is 11.5 Å². The van der Waals surface area contributed by atoms with Crippen LogP contribution in [0.1, 0.15) is 24.3 Å². The highest BCUT2D eigenvalue weighted by molar-refractivity contribution is 14.1. The summed E-state index contributed by atoms with van der Waals surface area (Å²) in [5, 5.41) is 10.5. The molecule has 2 heterocycles. The Morgan fingerprint density at radius 1 is 1.05 bits per heavy atom. The highest BCUT2D eigenvalue weighted by Crippen LogP contribution is 2.66. The van der Waals surface area contributed by atoms with Crippen molar-refractivity contribution in [1.29, 1.82) is 0 Å². The predicted molar refractivity (Wildman–Crippen MR) is 172 cm³/mol. The number of nitrogens with zero attached hydrogens (tertiary/aromatic N) is 2. The number of hydrogen-bond donors (Lipinski definition) is 1. The molecule has 8 nitrogen and oxygen atoms in total. The number of methoxy groups -OCH3 is 1. The van der Waals surface area contributed by atoms with Crippen LogP contribution in [-0.2, 0) is 19.2 Å². The van der Waals surface area contributed by atoms with Crippen molar-refractivity contribution < 1.29 is 29.0 Å². The summed E-state index contributed by atoms with van der Waals surface area (Å²) in [6.07, 6.45) is 2.04. The minimum Gasteiger partial charge on any atom is -0.504 e. The lowest BCUT2D eigenvalue weighted by Crippen LogP contribution is -2.60. The van der Waals surface area contributed by atoms with E-state index in [1.54, 1.807) is 24.3 Å². The molecule has 13 heteroatoms. The van der Waals surface area contributed by atoms with E-state index < -0.39 is 45.2 Å². The number of carbonyl (C=O) groups excluding carboxylic acids is 4. The second-order valence-electron chi connectivity index (χ2n) is 10.5. The van der Waals surface area contributed by atoms with Crippen LogP contribution in [0.3, 0.4) is 0 Å². The maximum atomic E-state index is 14.1. The molecule has 6 unspecified atom stereocenters. The molecule has 4 aliphatic rings. The maximum absolute atomic E-state index is 14.1. The number of ether oxygens (including phenoxy) is 1. The number of amides is 4. The molecule has 2 saturated heterocycles. The van der Waals surface area contributed by atoms with Gasteiger partial charge in [-0.3, -0.25) is 29.0 Å². The maximum Gasteiger partial charge on any atom is 0.254 e. The van der Waals surface area contributed by atoms with Crippen molar-refractivity contribution in [2.24, 2.45) is 17.8 Å². The lowest BCUT2D eigenvalue weighted by Gasteiger charge is -2.50. The van der Waals surface area contributed by atoms with Gasteiger partial charge >= 0.3 is 0 Å². The number of rotatable bonds is 4. The van der Waals surface area contributed by atoms with Gasteiger partial charge in [0.25, 0.3) is 11.8 Å². The topological polar surface area (TPSA) is 104 Å². The number of fused-ring (bicyclic) bond motifs is 4. The molecule has 3 fully saturated rings. The monoisotopic (exact) mass is 884 g/mol. The third-order valence-electron chi connectivity index (χ3n) is 8.70. The molecule has 4 amide bonds. The Balaban J connectivity index is 1.54. The molecule has 2 aromatic rings. The first kappa shape index (κ1) is 29.6. The van der Waals surface area contributed by atoms with Gasteiger partial charge in [0.2, 0.25) is 11.8 Å². The van der Waals surface area contributed by atoms with Crippen molar-refractivity contribution in [3.05, 3.63) is 60.8 Å². The molecule has 0 aromatic heterocycles. The molecule has 0 bridgehead atoms. The number of aromatic hydroxyl groups is 1. The largest absolute Gasteiger partial charge is 0.504 e. The number of imide groups is 2. The van der Waals surface area contributed by atoms with Crippen LogP contribution in [0.15, 0.2) is 48.0 Å². The van der Waals surface area contributed by atoms with Crippen molar-refractivity contribution in [1.82, 2.24) is 4.90 Å². The van der Waals surface area contributed by atoms with E-state index in [4.69, 9.17) is 27.9 Å².